The van der Waals surface area contributed by atoms with Gasteiger partial charge in [0.25, 0.3) is 0 Å². The molecule has 0 saturated carbocycles. The molecule has 1 saturated heterocycles. The first kappa shape index (κ1) is 27.0. The highest BCUT2D eigenvalue weighted by molar-refractivity contribution is 5.91. The van der Waals surface area contributed by atoms with Crippen molar-refractivity contribution in [2.24, 2.45) is 0 Å². The van der Waals surface area contributed by atoms with Gasteiger partial charge in [-0.25, -0.2) is 4.79 Å². The van der Waals surface area contributed by atoms with Gasteiger partial charge in [-0.1, -0.05) is 0 Å². The molecule has 5 unspecified atom stereocenters. The number of rotatable bonds is 5. The third kappa shape index (κ3) is 4.80. The van der Waals surface area contributed by atoms with Crippen molar-refractivity contribution in [1.29, 1.82) is 0 Å². The molecular formula is C28H24O12. The fraction of sp³-hybridized carbons (Fsp3) is 0.214. The highest BCUT2D eigenvalue weighted by Gasteiger charge is 2.49. The molecule has 0 bridgehead atoms. The Hall–Kier alpha value is -4.62. The topological polar surface area (TPSA) is 207 Å². The maximum atomic E-state index is 13.1. The molecule has 12 heteroatoms. The minimum Gasteiger partial charge on any atom is -0.508 e. The summed E-state index contributed by atoms with van der Waals surface area (Å²) < 4.78 is 17.2. The second-order valence-electron chi connectivity index (χ2n) is 9.23. The summed E-state index contributed by atoms with van der Waals surface area (Å²) in [5.74, 6) is -2.45. The summed E-state index contributed by atoms with van der Waals surface area (Å²) in [6.45, 7) is -0.771. The van der Waals surface area contributed by atoms with Gasteiger partial charge in [-0.15, -0.1) is 0 Å². The zero-order valence-corrected chi connectivity index (χ0v) is 20.5. The molecule has 1 fully saturated rings. The van der Waals surface area contributed by atoms with E-state index in [2.05, 4.69) is 0 Å². The van der Waals surface area contributed by atoms with Gasteiger partial charge >= 0.3 is 5.97 Å². The molecular weight excluding hydrogens is 528 g/mol. The van der Waals surface area contributed by atoms with Gasteiger partial charge in [0.1, 0.15) is 58.6 Å². The maximum absolute atomic E-state index is 13.1. The van der Waals surface area contributed by atoms with Crippen LogP contribution in [0.3, 0.4) is 0 Å². The van der Waals surface area contributed by atoms with Crippen LogP contribution in [0.2, 0.25) is 0 Å². The Labute approximate surface area is 225 Å². The van der Waals surface area contributed by atoms with Gasteiger partial charge in [0, 0.05) is 17.7 Å². The van der Waals surface area contributed by atoms with E-state index < -0.39 is 60.0 Å². The fourth-order valence-electron chi connectivity index (χ4n) is 4.61. The normalized spacial score (nSPS) is 22.7. The predicted molar refractivity (Wildman–Crippen MR) is 137 cm³/mol. The molecule has 0 radical (unpaired) electrons. The number of fused-ring (bicyclic) bond motifs is 1. The molecule has 1 aliphatic heterocycles. The highest BCUT2D eigenvalue weighted by Crippen LogP contribution is 2.44. The van der Waals surface area contributed by atoms with Gasteiger partial charge in [0.05, 0.1) is 17.7 Å². The Morgan fingerprint density at radius 1 is 0.850 bits per heavy atom. The minimum atomic E-state index is -1.84. The number of carbonyl (C=O) groups excluding carboxylic acids is 1. The first-order valence-electron chi connectivity index (χ1n) is 12.0. The Morgan fingerprint density at radius 2 is 1.48 bits per heavy atom. The molecule has 3 aromatic carbocycles. The molecule has 5 rings (SSSR count). The van der Waals surface area contributed by atoms with Crippen LogP contribution in [0.1, 0.15) is 22.0 Å². The van der Waals surface area contributed by atoms with Crippen LogP contribution in [0.25, 0.3) is 22.3 Å². The summed E-state index contributed by atoms with van der Waals surface area (Å²) in [7, 11) is 0. The van der Waals surface area contributed by atoms with Crippen molar-refractivity contribution >= 4 is 16.9 Å². The summed E-state index contributed by atoms with van der Waals surface area (Å²) in [5.41, 5.74) is -1.06. The van der Waals surface area contributed by atoms with Crippen molar-refractivity contribution in [3.63, 3.8) is 0 Å². The zero-order chi connectivity index (χ0) is 28.7. The smallest absolute Gasteiger partial charge is 0.338 e. The van der Waals surface area contributed by atoms with E-state index in [1.807, 2.05) is 0 Å². The molecule has 0 amide bonds. The molecule has 0 spiro atoms. The lowest BCUT2D eigenvalue weighted by molar-refractivity contribution is -0.231. The van der Waals surface area contributed by atoms with E-state index >= 15 is 0 Å². The number of phenolic OH excluding ortho intramolecular Hbond substituents is 4. The van der Waals surface area contributed by atoms with Crippen molar-refractivity contribution in [2.75, 3.05) is 6.61 Å². The third-order valence-electron chi connectivity index (χ3n) is 6.65. The van der Waals surface area contributed by atoms with Crippen molar-refractivity contribution in [2.45, 2.75) is 30.5 Å². The Bertz CT molecular complexity index is 1610. The first-order chi connectivity index (χ1) is 19.1. The van der Waals surface area contributed by atoms with Gasteiger partial charge in [-0.05, 0) is 48.5 Å². The summed E-state index contributed by atoms with van der Waals surface area (Å²) >= 11 is 0. The van der Waals surface area contributed by atoms with Gasteiger partial charge in [-0.2, -0.15) is 0 Å². The molecule has 12 nitrogen and oxygen atoms in total. The van der Waals surface area contributed by atoms with Crippen LogP contribution >= 0.6 is 0 Å². The number of hydrogen-bond donors (Lipinski definition) is 7. The molecule has 7 N–H and O–H groups in total. The van der Waals surface area contributed by atoms with Crippen molar-refractivity contribution < 1.29 is 54.4 Å². The number of aromatic hydroxyl groups is 4. The van der Waals surface area contributed by atoms with Gasteiger partial charge in [-0.3, -0.25) is 4.79 Å². The van der Waals surface area contributed by atoms with Crippen LogP contribution in [0.4, 0.5) is 0 Å². The third-order valence-corrected chi connectivity index (χ3v) is 6.65. The van der Waals surface area contributed by atoms with E-state index in [9.17, 15) is 45.3 Å². The van der Waals surface area contributed by atoms with E-state index in [1.54, 1.807) is 0 Å². The molecule has 2 heterocycles. The van der Waals surface area contributed by atoms with E-state index in [-0.39, 0.29) is 39.4 Å². The number of carbonyl (C=O) groups is 1. The average molecular weight is 552 g/mol. The summed E-state index contributed by atoms with van der Waals surface area (Å²) in [4.78, 5) is 26.0. The molecule has 208 valence electrons. The lowest BCUT2D eigenvalue weighted by atomic mass is 9.89. The number of benzene rings is 3. The summed E-state index contributed by atoms with van der Waals surface area (Å²) in [5, 5.41) is 71.4. The number of phenols is 4. The lowest BCUT2D eigenvalue weighted by Gasteiger charge is -2.42. The minimum absolute atomic E-state index is 0.0171. The van der Waals surface area contributed by atoms with Crippen LogP contribution in [0.5, 0.6) is 23.0 Å². The number of aliphatic hydroxyl groups excluding tert-OH is 3. The summed E-state index contributed by atoms with van der Waals surface area (Å²) in [6, 6.07) is 12.6. The second-order valence-corrected chi connectivity index (χ2v) is 9.23. The van der Waals surface area contributed by atoms with E-state index in [1.165, 1.54) is 48.5 Å². The standard InChI is InChI=1S/C28H24O12/c29-11-20-23(35)24(36)27(40-28(37)13-3-7-15(31)8-4-13)26(39-20)22-17(33)9-16(32)21-18(34)10-19(38-25(21)22)12-1-5-14(30)6-2-12/h1-10,20,23-24,26-27,29-33,35-36H,11H2. The van der Waals surface area contributed by atoms with Crippen LogP contribution in [-0.2, 0) is 9.47 Å². The highest BCUT2D eigenvalue weighted by atomic mass is 16.6. The molecule has 0 aliphatic carbocycles. The predicted octanol–water partition coefficient (Wildman–Crippen LogP) is 1.66. The van der Waals surface area contributed by atoms with Gasteiger partial charge in [0.15, 0.2) is 17.1 Å². The maximum Gasteiger partial charge on any atom is 0.338 e. The van der Waals surface area contributed by atoms with Crippen molar-refractivity contribution in [3.05, 3.63) is 82.0 Å². The van der Waals surface area contributed by atoms with Crippen molar-refractivity contribution in [1.82, 2.24) is 0 Å². The molecule has 40 heavy (non-hydrogen) atoms. The number of esters is 1. The molecule has 4 aromatic rings. The lowest BCUT2D eigenvalue weighted by Crippen LogP contribution is -2.56. The van der Waals surface area contributed by atoms with Crippen LogP contribution in [0, 0.1) is 0 Å². The van der Waals surface area contributed by atoms with Gasteiger partial charge in [0.2, 0.25) is 0 Å². The van der Waals surface area contributed by atoms with E-state index in [0.29, 0.717) is 5.56 Å². The van der Waals surface area contributed by atoms with Crippen molar-refractivity contribution in [3.8, 4) is 34.3 Å². The zero-order valence-electron chi connectivity index (χ0n) is 20.5. The quantitative estimate of drug-likeness (QED) is 0.176. The van der Waals surface area contributed by atoms with Crippen LogP contribution in [-0.4, -0.2) is 72.7 Å². The summed E-state index contributed by atoms with van der Waals surface area (Å²) in [6.07, 6.45) is -8.28. The largest absolute Gasteiger partial charge is 0.508 e. The number of aliphatic hydroxyl groups is 3. The van der Waals surface area contributed by atoms with E-state index in [4.69, 9.17) is 13.9 Å². The first-order valence-corrected chi connectivity index (χ1v) is 12.0. The fourth-order valence-corrected chi connectivity index (χ4v) is 4.61. The number of ether oxygens (including phenoxy) is 2. The molecule has 1 aromatic heterocycles. The van der Waals surface area contributed by atoms with Crippen LogP contribution in [0.15, 0.2) is 69.9 Å². The number of hydrogen-bond acceptors (Lipinski definition) is 12. The Kier molecular flexibility index (Phi) is 7.08. The van der Waals surface area contributed by atoms with Gasteiger partial charge < -0.3 is 49.6 Å². The molecule has 1 aliphatic rings. The average Bonchev–Trinajstić information content (AvgIpc) is 2.92. The van der Waals surface area contributed by atoms with Crippen LogP contribution < -0.4 is 5.43 Å². The monoisotopic (exact) mass is 552 g/mol. The Balaban J connectivity index is 1.68. The Morgan fingerprint density at radius 3 is 2.10 bits per heavy atom. The molecule has 5 atom stereocenters. The SMILES string of the molecule is O=C(OC1C(c2c(O)cc(O)c3c(=O)cc(-c4ccc(O)cc4)oc23)OC(CO)C(O)C1O)c1ccc(O)cc1. The van der Waals surface area contributed by atoms with E-state index in [0.717, 1.165) is 12.1 Å². The second kappa shape index (κ2) is 10.5.